The van der Waals surface area contributed by atoms with Gasteiger partial charge in [0.1, 0.15) is 11.5 Å². The molecule has 3 aromatic rings. The van der Waals surface area contributed by atoms with Crippen LogP contribution in [0.1, 0.15) is 57.9 Å². The van der Waals surface area contributed by atoms with Crippen LogP contribution in [-0.2, 0) is 11.2 Å². The van der Waals surface area contributed by atoms with E-state index >= 15 is 0 Å². The van der Waals surface area contributed by atoms with Gasteiger partial charge in [0.15, 0.2) is 11.5 Å². The third-order valence-electron chi connectivity index (χ3n) is 5.31. The summed E-state index contributed by atoms with van der Waals surface area (Å²) in [6, 6.07) is 12.7. The van der Waals surface area contributed by atoms with E-state index in [9.17, 15) is 9.59 Å². The van der Waals surface area contributed by atoms with Crippen LogP contribution in [0, 0.1) is 13.8 Å². The summed E-state index contributed by atoms with van der Waals surface area (Å²) in [5.74, 6) is 0.484. The Hall–Kier alpha value is -2.64. The number of carboxylic acid groups (broad SMARTS) is 1. The Morgan fingerprint density at radius 1 is 0.912 bits per heavy atom. The van der Waals surface area contributed by atoms with Crippen molar-refractivity contribution in [3.8, 4) is 17.2 Å². The highest BCUT2D eigenvalue weighted by atomic mass is 79.9. The smallest absolute Gasteiger partial charge is 0.307 e. The maximum Gasteiger partial charge on any atom is 0.307 e. The fourth-order valence-corrected chi connectivity index (χ4v) is 5.27. The SMILES string of the molecule is COc1cc(C(=O)c2cc(C)cc(C)c2)c(Oc2c(Br)cc(CC(=O)O)cc2Br)cc1C(C)C. The molecular weight excluding hydrogens is 564 g/mol. The molecule has 0 aromatic heterocycles. The van der Waals surface area contributed by atoms with Crippen molar-refractivity contribution < 1.29 is 24.2 Å². The molecule has 34 heavy (non-hydrogen) atoms. The molecular formula is C27H26Br2O5. The van der Waals surface area contributed by atoms with Gasteiger partial charge < -0.3 is 14.6 Å². The molecule has 0 spiro atoms. The van der Waals surface area contributed by atoms with Crippen molar-refractivity contribution in [2.45, 2.75) is 40.0 Å². The second-order valence-corrected chi connectivity index (χ2v) is 10.2. The van der Waals surface area contributed by atoms with Crippen LogP contribution in [0.15, 0.2) is 51.4 Å². The first kappa shape index (κ1) is 26.0. The molecule has 3 aromatic carbocycles. The first-order chi connectivity index (χ1) is 16.0. The van der Waals surface area contributed by atoms with E-state index in [1.54, 1.807) is 25.3 Å². The fourth-order valence-electron chi connectivity index (χ4n) is 3.82. The Morgan fingerprint density at radius 3 is 2.00 bits per heavy atom. The molecule has 0 radical (unpaired) electrons. The van der Waals surface area contributed by atoms with Gasteiger partial charge in [0.2, 0.25) is 0 Å². The molecule has 7 heteroatoms. The second-order valence-electron chi connectivity index (χ2n) is 8.51. The molecule has 3 rings (SSSR count). The quantitative estimate of drug-likeness (QED) is 0.274. The number of halogens is 2. The predicted octanol–water partition coefficient (Wildman–Crippen LogP) is 7.61. The van der Waals surface area contributed by atoms with Gasteiger partial charge in [0.25, 0.3) is 0 Å². The number of carbonyl (C=O) groups excluding carboxylic acids is 1. The first-order valence-electron chi connectivity index (χ1n) is 10.7. The Balaban J connectivity index is 2.16. The van der Waals surface area contributed by atoms with E-state index in [2.05, 4.69) is 31.9 Å². The number of ketones is 1. The normalized spacial score (nSPS) is 10.9. The molecule has 0 atom stereocenters. The number of benzene rings is 3. The highest BCUT2D eigenvalue weighted by Crippen LogP contribution is 2.42. The molecule has 1 N–H and O–H groups in total. The zero-order valence-electron chi connectivity index (χ0n) is 19.7. The molecule has 0 bridgehead atoms. The molecule has 0 fully saturated rings. The van der Waals surface area contributed by atoms with Crippen molar-refractivity contribution in [3.05, 3.63) is 84.8 Å². The van der Waals surface area contributed by atoms with Crippen LogP contribution in [0.3, 0.4) is 0 Å². The molecule has 0 amide bonds. The van der Waals surface area contributed by atoms with Gasteiger partial charge in [-0.1, -0.05) is 31.0 Å². The molecule has 178 valence electrons. The average Bonchev–Trinajstić information content (AvgIpc) is 2.74. The van der Waals surface area contributed by atoms with E-state index in [4.69, 9.17) is 14.6 Å². The van der Waals surface area contributed by atoms with Crippen LogP contribution < -0.4 is 9.47 Å². The minimum absolute atomic E-state index is 0.117. The van der Waals surface area contributed by atoms with Crippen LogP contribution in [0.4, 0.5) is 0 Å². The van der Waals surface area contributed by atoms with E-state index in [-0.39, 0.29) is 18.1 Å². The van der Waals surface area contributed by atoms with Gasteiger partial charge in [0.05, 0.1) is 28.0 Å². The van der Waals surface area contributed by atoms with Gasteiger partial charge in [-0.2, -0.15) is 0 Å². The van der Waals surface area contributed by atoms with Crippen molar-refractivity contribution in [1.82, 2.24) is 0 Å². The fraction of sp³-hybridized carbons (Fsp3) is 0.259. The largest absolute Gasteiger partial charge is 0.496 e. The van der Waals surface area contributed by atoms with Crippen LogP contribution in [0.5, 0.6) is 17.2 Å². The summed E-state index contributed by atoms with van der Waals surface area (Å²) in [6.07, 6.45) is -0.117. The number of methoxy groups -OCH3 is 1. The molecule has 0 aliphatic rings. The summed E-state index contributed by atoms with van der Waals surface area (Å²) in [6.45, 7) is 7.99. The minimum Gasteiger partial charge on any atom is -0.496 e. The Bertz CT molecular complexity index is 1220. The Kier molecular flexibility index (Phi) is 8.21. The highest BCUT2D eigenvalue weighted by molar-refractivity contribution is 9.11. The number of aliphatic carboxylic acids is 1. The number of aryl methyl sites for hydroxylation is 2. The maximum absolute atomic E-state index is 13.6. The van der Waals surface area contributed by atoms with Gasteiger partial charge in [0, 0.05) is 11.1 Å². The third kappa shape index (κ3) is 5.88. The number of hydrogen-bond donors (Lipinski definition) is 1. The van der Waals surface area contributed by atoms with E-state index in [1.165, 1.54) is 0 Å². The average molecular weight is 590 g/mol. The monoisotopic (exact) mass is 588 g/mol. The van der Waals surface area contributed by atoms with Crippen LogP contribution in [0.25, 0.3) is 0 Å². The molecule has 0 saturated carbocycles. The van der Waals surface area contributed by atoms with Crippen molar-refractivity contribution >= 4 is 43.6 Å². The molecule has 0 aliphatic heterocycles. The highest BCUT2D eigenvalue weighted by Gasteiger charge is 2.23. The zero-order chi connectivity index (χ0) is 25.2. The van der Waals surface area contributed by atoms with Crippen LogP contribution in [-0.4, -0.2) is 24.0 Å². The van der Waals surface area contributed by atoms with Crippen molar-refractivity contribution in [1.29, 1.82) is 0 Å². The lowest BCUT2D eigenvalue weighted by Gasteiger charge is -2.19. The predicted molar refractivity (Wildman–Crippen MR) is 140 cm³/mol. The number of ether oxygens (including phenoxy) is 2. The van der Waals surface area contributed by atoms with Crippen molar-refractivity contribution in [2.24, 2.45) is 0 Å². The molecule has 5 nitrogen and oxygen atoms in total. The Labute approximate surface area is 216 Å². The lowest BCUT2D eigenvalue weighted by atomic mass is 9.94. The van der Waals surface area contributed by atoms with E-state index in [1.807, 2.05) is 52.0 Å². The summed E-state index contributed by atoms with van der Waals surface area (Å²) in [4.78, 5) is 24.8. The first-order valence-corrected chi connectivity index (χ1v) is 12.3. The number of rotatable bonds is 8. The maximum atomic E-state index is 13.6. The van der Waals surface area contributed by atoms with Crippen molar-refractivity contribution in [3.63, 3.8) is 0 Å². The topological polar surface area (TPSA) is 72.8 Å². The van der Waals surface area contributed by atoms with Gasteiger partial charge >= 0.3 is 5.97 Å². The molecule has 0 saturated heterocycles. The van der Waals surface area contributed by atoms with Gasteiger partial charge in [-0.25, -0.2) is 0 Å². The lowest BCUT2D eigenvalue weighted by Crippen LogP contribution is -2.08. The molecule has 0 aliphatic carbocycles. The van der Waals surface area contributed by atoms with E-state index in [0.717, 1.165) is 16.7 Å². The number of hydrogen-bond acceptors (Lipinski definition) is 4. The van der Waals surface area contributed by atoms with Crippen LogP contribution >= 0.6 is 31.9 Å². The number of carboxylic acids is 1. The van der Waals surface area contributed by atoms with Crippen molar-refractivity contribution in [2.75, 3.05) is 7.11 Å². The summed E-state index contributed by atoms with van der Waals surface area (Å²) in [5.41, 5.74) is 4.45. The van der Waals surface area contributed by atoms with E-state index in [0.29, 0.717) is 42.9 Å². The van der Waals surface area contributed by atoms with Gasteiger partial charge in [-0.15, -0.1) is 0 Å². The third-order valence-corrected chi connectivity index (χ3v) is 6.49. The number of carbonyl (C=O) groups is 2. The Morgan fingerprint density at radius 2 is 1.50 bits per heavy atom. The van der Waals surface area contributed by atoms with E-state index < -0.39 is 5.97 Å². The van der Waals surface area contributed by atoms with Gasteiger partial charge in [-0.3, -0.25) is 9.59 Å². The minimum atomic E-state index is -0.925. The molecule has 0 unspecified atom stereocenters. The van der Waals surface area contributed by atoms with Crippen LogP contribution in [0.2, 0.25) is 0 Å². The summed E-state index contributed by atoms with van der Waals surface area (Å²) in [5, 5.41) is 9.12. The zero-order valence-corrected chi connectivity index (χ0v) is 22.8. The second kappa shape index (κ2) is 10.7. The summed E-state index contributed by atoms with van der Waals surface area (Å²) >= 11 is 6.98. The standard InChI is InChI=1S/C27H26Br2O5/c1-14(2)19-12-24(34-27-21(28)9-17(10-22(27)29)11-25(30)31)20(13-23(19)33-5)26(32)18-7-15(3)6-16(4)8-18/h6-10,12-14H,11H2,1-5H3,(H,30,31). The van der Waals surface area contributed by atoms with Gasteiger partial charge in [-0.05, 0) is 93.6 Å². The summed E-state index contributed by atoms with van der Waals surface area (Å²) in [7, 11) is 1.58. The summed E-state index contributed by atoms with van der Waals surface area (Å²) < 4.78 is 13.1. The lowest BCUT2D eigenvalue weighted by molar-refractivity contribution is -0.136. The molecule has 0 heterocycles.